The molecule has 104 valence electrons. The van der Waals surface area contributed by atoms with Crippen LogP contribution in [-0.2, 0) is 9.53 Å². The van der Waals surface area contributed by atoms with Crippen LogP contribution in [0.4, 0.5) is 14.5 Å². The molecule has 1 aromatic rings. The van der Waals surface area contributed by atoms with E-state index in [0.717, 1.165) is 6.07 Å². The second-order valence-corrected chi connectivity index (χ2v) is 4.56. The van der Waals surface area contributed by atoms with Gasteiger partial charge in [0.05, 0.1) is 17.3 Å². The number of hydrogen-bond acceptors (Lipinski definition) is 3. The van der Waals surface area contributed by atoms with Crippen molar-refractivity contribution in [1.29, 1.82) is 0 Å². The zero-order valence-electron chi connectivity index (χ0n) is 10.6. The van der Waals surface area contributed by atoms with Crippen molar-refractivity contribution in [2.24, 2.45) is 0 Å². The van der Waals surface area contributed by atoms with Crippen LogP contribution in [0.2, 0.25) is 0 Å². The lowest BCUT2D eigenvalue weighted by molar-refractivity contribution is -0.136. The molecule has 0 atom stereocenters. The maximum absolute atomic E-state index is 13.4. The molecule has 0 aliphatic carbocycles. The van der Waals surface area contributed by atoms with Gasteiger partial charge in [-0.05, 0) is 28.4 Å². The van der Waals surface area contributed by atoms with Crippen molar-refractivity contribution in [3.05, 3.63) is 39.9 Å². The quantitative estimate of drug-likeness (QED) is 0.507. The fourth-order valence-corrected chi connectivity index (χ4v) is 1.79. The molecule has 0 fully saturated rings. The fourth-order valence-electron chi connectivity index (χ4n) is 1.45. The standard InChI is InChI=1S/C13H14BrF2NO2/c1-3-8(13(18)19-2)4-5-17-12-6-9(14)10(15)7-11(12)16/h4,6-7,17H,3,5H2,1-2H3/b8-4-. The summed E-state index contributed by atoms with van der Waals surface area (Å²) >= 11 is 2.98. The second-order valence-electron chi connectivity index (χ2n) is 3.70. The number of halogens is 3. The Hall–Kier alpha value is -1.43. The molecular weight excluding hydrogens is 320 g/mol. The first-order valence-corrected chi connectivity index (χ1v) is 6.44. The van der Waals surface area contributed by atoms with Crippen molar-refractivity contribution < 1.29 is 18.3 Å². The summed E-state index contributed by atoms with van der Waals surface area (Å²) in [4.78, 5) is 11.3. The van der Waals surface area contributed by atoms with Crippen molar-refractivity contribution in [1.82, 2.24) is 0 Å². The Labute approximate surface area is 118 Å². The van der Waals surface area contributed by atoms with E-state index in [9.17, 15) is 13.6 Å². The number of esters is 1. The van der Waals surface area contributed by atoms with E-state index in [-0.39, 0.29) is 16.7 Å². The molecule has 1 rings (SSSR count). The first-order chi connectivity index (χ1) is 8.99. The smallest absolute Gasteiger partial charge is 0.333 e. The van der Waals surface area contributed by atoms with Crippen LogP contribution in [0.5, 0.6) is 0 Å². The first kappa shape index (κ1) is 15.6. The Balaban J connectivity index is 2.74. The van der Waals surface area contributed by atoms with Gasteiger partial charge >= 0.3 is 5.97 Å². The molecule has 0 radical (unpaired) electrons. The summed E-state index contributed by atoms with van der Waals surface area (Å²) in [5.74, 6) is -1.77. The average Bonchev–Trinajstić information content (AvgIpc) is 2.39. The number of carbonyl (C=O) groups excluding carboxylic acids is 1. The van der Waals surface area contributed by atoms with Crippen molar-refractivity contribution >= 4 is 27.6 Å². The van der Waals surface area contributed by atoms with Crippen LogP contribution in [0, 0.1) is 11.6 Å². The summed E-state index contributed by atoms with van der Waals surface area (Å²) in [6, 6.07) is 2.10. The van der Waals surface area contributed by atoms with Crippen molar-refractivity contribution in [2.75, 3.05) is 19.0 Å². The van der Waals surface area contributed by atoms with Crippen molar-refractivity contribution in [3.63, 3.8) is 0 Å². The molecule has 0 saturated heterocycles. The van der Waals surface area contributed by atoms with Crippen LogP contribution in [-0.4, -0.2) is 19.6 Å². The zero-order chi connectivity index (χ0) is 14.4. The minimum absolute atomic E-state index is 0.157. The summed E-state index contributed by atoms with van der Waals surface area (Å²) in [5.41, 5.74) is 0.654. The SMILES string of the molecule is CC/C(=C/CNc1cc(Br)c(F)cc1F)C(=O)OC. The minimum Gasteiger partial charge on any atom is -0.466 e. The molecule has 0 bridgehead atoms. The second kappa shape index (κ2) is 7.23. The number of hydrogen-bond donors (Lipinski definition) is 1. The molecule has 0 amide bonds. The predicted octanol–water partition coefficient (Wildman–Crippen LogP) is 3.65. The number of ether oxygens (including phenoxy) is 1. The highest BCUT2D eigenvalue weighted by Gasteiger charge is 2.09. The van der Waals surface area contributed by atoms with Gasteiger partial charge in [0, 0.05) is 18.2 Å². The third-order valence-electron chi connectivity index (χ3n) is 2.48. The molecule has 0 spiro atoms. The molecule has 0 heterocycles. The number of methoxy groups -OCH3 is 1. The van der Waals surface area contributed by atoms with E-state index in [1.54, 1.807) is 6.08 Å². The van der Waals surface area contributed by atoms with Gasteiger partial charge in [-0.1, -0.05) is 13.0 Å². The molecular formula is C13H14BrF2NO2. The van der Waals surface area contributed by atoms with Crippen molar-refractivity contribution in [2.45, 2.75) is 13.3 Å². The Morgan fingerprint density at radius 2 is 2.11 bits per heavy atom. The largest absolute Gasteiger partial charge is 0.466 e. The topological polar surface area (TPSA) is 38.3 Å². The summed E-state index contributed by atoms with van der Waals surface area (Å²) in [6.07, 6.45) is 2.13. The molecule has 19 heavy (non-hydrogen) atoms. The lowest BCUT2D eigenvalue weighted by Crippen LogP contribution is -2.08. The lowest BCUT2D eigenvalue weighted by atomic mass is 10.2. The van der Waals surface area contributed by atoms with Crippen LogP contribution in [0.1, 0.15) is 13.3 Å². The number of nitrogens with one attached hydrogen (secondary N) is 1. The number of rotatable bonds is 5. The predicted molar refractivity (Wildman–Crippen MR) is 72.9 cm³/mol. The average molecular weight is 334 g/mol. The third kappa shape index (κ3) is 4.31. The third-order valence-corrected chi connectivity index (χ3v) is 3.09. The maximum atomic E-state index is 13.4. The van der Waals surface area contributed by atoms with Gasteiger partial charge in [0.1, 0.15) is 11.6 Å². The van der Waals surface area contributed by atoms with Gasteiger partial charge in [-0.2, -0.15) is 0 Å². The van der Waals surface area contributed by atoms with Gasteiger partial charge in [0.2, 0.25) is 0 Å². The lowest BCUT2D eigenvalue weighted by Gasteiger charge is -2.07. The summed E-state index contributed by atoms with van der Waals surface area (Å²) in [5, 5.41) is 2.77. The van der Waals surface area contributed by atoms with Gasteiger partial charge < -0.3 is 10.1 Å². The van der Waals surface area contributed by atoms with Crippen molar-refractivity contribution in [3.8, 4) is 0 Å². The zero-order valence-corrected chi connectivity index (χ0v) is 12.2. The van der Waals surface area contributed by atoms with Gasteiger partial charge in [-0.25, -0.2) is 13.6 Å². The molecule has 3 nitrogen and oxygen atoms in total. The van der Waals surface area contributed by atoms with Crippen LogP contribution >= 0.6 is 15.9 Å². The first-order valence-electron chi connectivity index (χ1n) is 5.65. The van der Waals surface area contributed by atoms with Gasteiger partial charge in [-0.3, -0.25) is 0 Å². The molecule has 1 N–H and O–H groups in total. The monoisotopic (exact) mass is 333 g/mol. The summed E-state index contributed by atoms with van der Waals surface area (Å²) in [7, 11) is 1.30. The molecule has 0 aliphatic heterocycles. The highest BCUT2D eigenvalue weighted by molar-refractivity contribution is 9.10. The number of anilines is 1. The highest BCUT2D eigenvalue weighted by atomic mass is 79.9. The van der Waals surface area contributed by atoms with E-state index in [1.807, 2.05) is 6.92 Å². The van der Waals surface area contributed by atoms with Crippen LogP contribution < -0.4 is 5.32 Å². The Morgan fingerprint density at radius 3 is 2.68 bits per heavy atom. The van der Waals surface area contributed by atoms with Crippen LogP contribution in [0.25, 0.3) is 0 Å². The number of carbonyl (C=O) groups is 1. The number of benzene rings is 1. The molecule has 0 unspecified atom stereocenters. The van der Waals surface area contributed by atoms with E-state index in [1.165, 1.54) is 13.2 Å². The Morgan fingerprint density at radius 1 is 1.42 bits per heavy atom. The van der Waals surface area contributed by atoms with Crippen LogP contribution in [0.3, 0.4) is 0 Å². The minimum atomic E-state index is -0.690. The van der Waals surface area contributed by atoms with Crippen LogP contribution in [0.15, 0.2) is 28.3 Å². The molecule has 6 heteroatoms. The normalized spacial score (nSPS) is 11.3. The maximum Gasteiger partial charge on any atom is 0.333 e. The molecule has 0 aromatic heterocycles. The molecule has 1 aromatic carbocycles. The van der Waals surface area contributed by atoms with E-state index >= 15 is 0 Å². The van der Waals surface area contributed by atoms with E-state index < -0.39 is 17.6 Å². The van der Waals surface area contributed by atoms with Gasteiger partial charge in [0.25, 0.3) is 0 Å². The highest BCUT2D eigenvalue weighted by Crippen LogP contribution is 2.23. The van der Waals surface area contributed by atoms with E-state index in [4.69, 9.17) is 0 Å². The van der Waals surface area contributed by atoms with E-state index in [2.05, 4.69) is 26.0 Å². The fraction of sp³-hybridized carbons (Fsp3) is 0.308. The van der Waals surface area contributed by atoms with E-state index in [0.29, 0.717) is 12.0 Å². The summed E-state index contributed by atoms with van der Waals surface area (Å²) in [6.45, 7) is 2.06. The Kier molecular flexibility index (Phi) is 5.95. The Bertz CT molecular complexity index is 504. The van der Waals surface area contributed by atoms with Gasteiger partial charge in [0.15, 0.2) is 0 Å². The summed E-state index contributed by atoms with van der Waals surface area (Å²) < 4.78 is 31.2. The molecule has 0 aliphatic rings. The molecule has 0 saturated carbocycles. The van der Waals surface area contributed by atoms with Gasteiger partial charge in [-0.15, -0.1) is 0 Å².